The molecule has 0 radical (unpaired) electrons. The number of Topliss-reactive ketones (excluding diaryl/α,β-unsaturated/α-hetero) is 1. The molecule has 1 aliphatic heterocycles. The number of hydrogen-bond acceptors (Lipinski definition) is 3. The summed E-state index contributed by atoms with van der Waals surface area (Å²) < 4.78 is 0. The van der Waals surface area contributed by atoms with E-state index in [1.807, 2.05) is 12.3 Å². The van der Waals surface area contributed by atoms with Gasteiger partial charge < -0.3 is 10.3 Å². The fourth-order valence-corrected chi connectivity index (χ4v) is 3.00. The van der Waals surface area contributed by atoms with Gasteiger partial charge in [-0.15, -0.1) is 0 Å². The van der Waals surface area contributed by atoms with Crippen LogP contribution in [0.5, 0.6) is 0 Å². The second-order valence-electron chi connectivity index (χ2n) is 5.81. The van der Waals surface area contributed by atoms with Gasteiger partial charge in [0, 0.05) is 24.8 Å². The van der Waals surface area contributed by atoms with Crippen LogP contribution in [0.15, 0.2) is 47.2 Å². The minimum absolute atomic E-state index is 0.0224. The van der Waals surface area contributed by atoms with Crippen LogP contribution in [0.2, 0.25) is 0 Å². The van der Waals surface area contributed by atoms with Crippen LogP contribution in [-0.4, -0.2) is 23.0 Å². The van der Waals surface area contributed by atoms with Gasteiger partial charge in [-0.1, -0.05) is 29.8 Å². The predicted octanol–water partition coefficient (Wildman–Crippen LogP) is 2.54. The standard InChI is InChI=1S/C18H17N3O/c1-11-2-4-12(5-3-11)9-20-15-8-14-16-13(6-7-19-14)10-21-17(16)18(15)22/h2-5,8,10,20-21H,6-7,9H2,1H3. The number of hydrogen-bond donors (Lipinski definition) is 2. The SMILES string of the molecule is Cc1ccc(CNC2=CC3=NCCc4c[nH]c(c43)C2=O)cc1. The maximum atomic E-state index is 12.6. The molecular weight excluding hydrogens is 274 g/mol. The summed E-state index contributed by atoms with van der Waals surface area (Å²) in [6.07, 6.45) is 4.73. The number of ketones is 1. The van der Waals surface area contributed by atoms with E-state index in [0.717, 1.165) is 29.8 Å². The van der Waals surface area contributed by atoms with E-state index in [4.69, 9.17) is 0 Å². The van der Waals surface area contributed by atoms with E-state index in [1.54, 1.807) is 0 Å². The molecule has 2 aromatic rings. The van der Waals surface area contributed by atoms with Crippen molar-refractivity contribution in [1.82, 2.24) is 10.3 Å². The van der Waals surface area contributed by atoms with Crippen LogP contribution >= 0.6 is 0 Å². The van der Waals surface area contributed by atoms with Crippen molar-refractivity contribution in [3.8, 4) is 0 Å². The molecule has 1 aromatic heterocycles. The van der Waals surface area contributed by atoms with E-state index < -0.39 is 0 Å². The van der Waals surface area contributed by atoms with E-state index in [9.17, 15) is 4.79 Å². The predicted molar refractivity (Wildman–Crippen MR) is 86.3 cm³/mol. The van der Waals surface area contributed by atoms with Crippen LogP contribution in [0.4, 0.5) is 0 Å². The number of nitrogens with one attached hydrogen (secondary N) is 2. The topological polar surface area (TPSA) is 57.2 Å². The molecule has 22 heavy (non-hydrogen) atoms. The first-order valence-electron chi connectivity index (χ1n) is 7.53. The highest BCUT2D eigenvalue weighted by molar-refractivity contribution is 6.26. The number of carbonyl (C=O) groups is 1. The van der Waals surface area contributed by atoms with Crippen LogP contribution in [0, 0.1) is 6.92 Å². The zero-order valence-corrected chi connectivity index (χ0v) is 12.4. The van der Waals surface area contributed by atoms with E-state index in [0.29, 0.717) is 17.9 Å². The molecule has 4 nitrogen and oxygen atoms in total. The summed E-state index contributed by atoms with van der Waals surface area (Å²) in [4.78, 5) is 20.2. The highest BCUT2D eigenvalue weighted by Gasteiger charge is 2.29. The van der Waals surface area contributed by atoms with Crippen molar-refractivity contribution < 1.29 is 4.79 Å². The number of rotatable bonds is 3. The van der Waals surface area contributed by atoms with E-state index in [1.165, 1.54) is 11.1 Å². The number of benzene rings is 1. The van der Waals surface area contributed by atoms with Crippen molar-refractivity contribution in [3.63, 3.8) is 0 Å². The van der Waals surface area contributed by atoms with Gasteiger partial charge in [0.2, 0.25) is 5.78 Å². The molecule has 2 aliphatic rings. The molecule has 0 saturated carbocycles. The normalized spacial score (nSPS) is 16.0. The third-order valence-corrected chi connectivity index (χ3v) is 4.24. The molecule has 0 fully saturated rings. The second-order valence-corrected chi connectivity index (χ2v) is 5.81. The van der Waals surface area contributed by atoms with Crippen molar-refractivity contribution >= 4 is 11.5 Å². The molecule has 0 bridgehead atoms. The summed E-state index contributed by atoms with van der Waals surface area (Å²) in [6, 6.07) is 8.31. The highest BCUT2D eigenvalue weighted by atomic mass is 16.1. The van der Waals surface area contributed by atoms with E-state index >= 15 is 0 Å². The molecule has 2 N–H and O–H groups in total. The molecule has 0 amide bonds. The minimum Gasteiger partial charge on any atom is -0.378 e. The number of aryl methyl sites for hydroxylation is 1. The average Bonchev–Trinajstić information content (AvgIpc) is 2.97. The Labute approximate surface area is 129 Å². The first kappa shape index (κ1) is 13.1. The maximum Gasteiger partial charge on any atom is 0.225 e. The molecule has 0 atom stereocenters. The lowest BCUT2D eigenvalue weighted by Gasteiger charge is -2.19. The van der Waals surface area contributed by atoms with Crippen LogP contribution < -0.4 is 5.32 Å². The number of allylic oxidation sites excluding steroid dienone is 2. The molecule has 0 saturated heterocycles. The number of aliphatic imine (C=N–C) groups is 1. The van der Waals surface area contributed by atoms with Crippen molar-refractivity contribution in [2.75, 3.05) is 6.54 Å². The Bertz CT molecular complexity index is 809. The van der Waals surface area contributed by atoms with Crippen LogP contribution in [0.3, 0.4) is 0 Å². The van der Waals surface area contributed by atoms with Gasteiger partial charge in [0.1, 0.15) is 0 Å². The third-order valence-electron chi connectivity index (χ3n) is 4.24. The monoisotopic (exact) mass is 291 g/mol. The number of nitrogens with zero attached hydrogens (tertiary/aromatic N) is 1. The molecule has 4 rings (SSSR count). The second kappa shape index (κ2) is 4.98. The Hall–Kier alpha value is -2.62. The molecule has 110 valence electrons. The average molecular weight is 291 g/mol. The summed E-state index contributed by atoms with van der Waals surface area (Å²) in [5, 5.41) is 3.26. The van der Waals surface area contributed by atoms with Gasteiger partial charge in [-0.2, -0.15) is 0 Å². The molecule has 2 heterocycles. The molecule has 1 aromatic carbocycles. The molecule has 0 unspecified atom stereocenters. The first-order chi connectivity index (χ1) is 10.7. The Morgan fingerprint density at radius 3 is 2.91 bits per heavy atom. The van der Waals surface area contributed by atoms with Gasteiger partial charge in [-0.25, -0.2) is 0 Å². The highest BCUT2D eigenvalue weighted by Crippen LogP contribution is 2.26. The zero-order valence-electron chi connectivity index (χ0n) is 12.4. The maximum absolute atomic E-state index is 12.6. The van der Waals surface area contributed by atoms with Crippen LogP contribution in [-0.2, 0) is 13.0 Å². The Kier molecular flexibility index (Phi) is 2.96. The number of H-pyrrole nitrogens is 1. The number of aromatic nitrogens is 1. The summed E-state index contributed by atoms with van der Waals surface area (Å²) >= 11 is 0. The lowest BCUT2D eigenvalue weighted by Crippen LogP contribution is -2.28. The molecular formula is C18H17N3O. The van der Waals surface area contributed by atoms with E-state index in [2.05, 4.69) is 46.5 Å². The van der Waals surface area contributed by atoms with Gasteiger partial charge in [-0.05, 0) is 30.5 Å². The summed E-state index contributed by atoms with van der Waals surface area (Å²) in [5.74, 6) is 0.0224. The van der Waals surface area contributed by atoms with Crippen LogP contribution in [0.25, 0.3) is 0 Å². The quantitative estimate of drug-likeness (QED) is 0.913. The summed E-state index contributed by atoms with van der Waals surface area (Å²) in [6.45, 7) is 3.49. The largest absolute Gasteiger partial charge is 0.378 e. The van der Waals surface area contributed by atoms with Crippen molar-refractivity contribution in [3.05, 3.63) is 70.2 Å². The van der Waals surface area contributed by atoms with Gasteiger partial charge in [0.05, 0.1) is 17.1 Å². The van der Waals surface area contributed by atoms with Crippen LogP contribution in [0.1, 0.15) is 32.7 Å². The van der Waals surface area contributed by atoms with Crippen molar-refractivity contribution in [2.45, 2.75) is 19.9 Å². The number of aromatic amines is 1. The van der Waals surface area contributed by atoms with E-state index in [-0.39, 0.29) is 5.78 Å². The summed E-state index contributed by atoms with van der Waals surface area (Å²) in [5.41, 5.74) is 6.78. The minimum atomic E-state index is 0.0224. The lowest BCUT2D eigenvalue weighted by molar-refractivity contribution is 0.102. The van der Waals surface area contributed by atoms with Crippen molar-refractivity contribution in [1.29, 1.82) is 0 Å². The third kappa shape index (κ3) is 2.08. The van der Waals surface area contributed by atoms with Gasteiger partial charge in [0.25, 0.3) is 0 Å². The summed E-state index contributed by atoms with van der Waals surface area (Å²) in [7, 11) is 0. The fourth-order valence-electron chi connectivity index (χ4n) is 3.00. The lowest BCUT2D eigenvalue weighted by atomic mass is 9.92. The van der Waals surface area contributed by atoms with Gasteiger partial charge >= 0.3 is 0 Å². The molecule has 0 spiro atoms. The Morgan fingerprint density at radius 1 is 1.27 bits per heavy atom. The molecule has 1 aliphatic carbocycles. The van der Waals surface area contributed by atoms with Gasteiger partial charge in [0.15, 0.2) is 0 Å². The zero-order chi connectivity index (χ0) is 15.1. The first-order valence-corrected chi connectivity index (χ1v) is 7.53. The molecule has 4 heteroatoms. The Balaban J connectivity index is 1.59. The van der Waals surface area contributed by atoms with Crippen molar-refractivity contribution in [2.24, 2.45) is 4.99 Å². The fraction of sp³-hybridized carbons (Fsp3) is 0.222. The number of carbonyl (C=O) groups excluding carboxylic acids is 1. The smallest absolute Gasteiger partial charge is 0.225 e. The van der Waals surface area contributed by atoms with Gasteiger partial charge in [-0.3, -0.25) is 9.79 Å². The Morgan fingerprint density at radius 2 is 2.09 bits per heavy atom.